The Kier molecular flexibility index (Phi) is 7.15. The number of anilines is 2. The molecule has 2 amide bonds. The monoisotopic (exact) mass is 464 g/mol. The Labute approximate surface area is 198 Å². The first-order valence-electron chi connectivity index (χ1n) is 10.8. The molecule has 1 N–H and O–H groups in total. The Morgan fingerprint density at radius 2 is 1.91 bits per heavy atom. The Bertz CT molecular complexity index is 1140. The van der Waals surface area contributed by atoms with Crippen molar-refractivity contribution in [2.75, 3.05) is 16.8 Å². The average Bonchev–Trinajstić information content (AvgIpc) is 2.81. The van der Waals surface area contributed by atoms with E-state index in [-0.39, 0.29) is 11.8 Å². The molecular formula is C26H25ClN2O4. The van der Waals surface area contributed by atoms with E-state index in [1.165, 1.54) is 0 Å². The minimum atomic E-state index is -0.596. The van der Waals surface area contributed by atoms with Crippen LogP contribution in [0.4, 0.5) is 11.4 Å². The first-order chi connectivity index (χ1) is 16.0. The highest BCUT2D eigenvalue weighted by Gasteiger charge is 2.31. The van der Waals surface area contributed by atoms with E-state index in [9.17, 15) is 9.59 Å². The highest BCUT2D eigenvalue weighted by molar-refractivity contribution is 6.30. The van der Waals surface area contributed by atoms with E-state index in [1.54, 1.807) is 36.1 Å². The largest absolute Gasteiger partial charge is 0.494 e. The number of carbonyl (C=O) groups is 2. The van der Waals surface area contributed by atoms with Gasteiger partial charge < -0.3 is 19.7 Å². The summed E-state index contributed by atoms with van der Waals surface area (Å²) < 4.78 is 11.4. The molecule has 4 rings (SSSR count). The lowest BCUT2D eigenvalue weighted by Crippen LogP contribution is -2.44. The zero-order valence-electron chi connectivity index (χ0n) is 18.3. The van der Waals surface area contributed by atoms with Gasteiger partial charge in [0.25, 0.3) is 5.91 Å². The standard InChI is InChI=1S/C26H25ClN2O4/c1-18-26(31)29(17-19-7-5-8-20(27)15-19)23-16-21(12-13-24(23)33-18)28-25(30)11-6-14-32-22-9-3-2-4-10-22/h2-5,7-10,12-13,15-16,18H,6,11,14,17H2,1H3,(H,28,30). The first kappa shape index (κ1) is 22.7. The molecule has 170 valence electrons. The summed E-state index contributed by atoms with van der Waals surface area (Å²) in [5, 5.41) is 3.51. The zero-order valence-corrected chi connectivity index (χ0v) is 19.0. The second-order valence-corrected chi connectivity index (χ2v) is 8.25. The van der Waals surface area contributed by atoms with Crippen molar-refractivity contribution in [1.29, 1.82) is 0 Å². The number of carbonyl (C=O) groups excluding carboxylic acids is 2. The minimum Gasteiger partial charge on any atom is -0.494 e. The molecule has 0 radical (unpaired) electrons. The summed E-state index contributed by atoms with van der Waals surface area (Å²) in [7, 11) is 0. The molecule has 0 fully saturated rings. The third-order valence-corrected chi connectivity index (χ3v) is 5.48. The van der Waals surface area contributed by atoms with E-state index in [4.69, 9.17) is 21.1 Å². The molecule has 0 aromatic heterocycles. The maximum absolute atomic E-state index is 12.9. The molecular weight excluding hydrogens is 440 g/mol. The molecule has 33 heavy (non-hydrogen) atoms. The van der Waals surface area contributed by atoms with Crippen LogP contribution >= 0.6 is 11.6 Å². The van der Waals surface area contributed by atoms with E-state index >= 15 is 0 Å². The van der Waals surface area contributed by atoms with Crippen molar-refractivity contribution in [3.8, 4) is 11.5 Å². The van der Waals surface area contributed by atoms with Crippen LogP contribution in [0.2, 0.25) is 5.02 Å². The first-order valence-corrected chi connectivity index (χ1v) is 11.2. The van der Waals surface area contributed by atoms with Gasteiger partial charge in [-0.15, -0.1) is 0 Å². The van der Waals surface area contributed by atoms with E-state index in [1.807, 2.05) is 48.5 Å². The molecule has 1 unspecified atom stereocenters. The van der Waals surface area contributed by atoms with Gasteiger partial charge in [0, 0.05) is 17.1 Å². The number of rotatable bonds is 8. The second-order valence-electron chi connectivity index (χ2n) is 7.81. The van der Waals surface area contributed by atoms with Crippen molar-refractivity contribution >= 4 is 34.8 Å². The second kappa shape index (κ2) is 10.4. The lowest BCUT2D eigenvalue weighted by atomic mass is 10.1. The third kappa shape index (κ3) is 5.84. The number of hydrogen-bond acceptors (Lipinski definition) is 4. The summed E-state index contributed by atoms with van der Waals surface area (Å²) in [6, 6.07) is 22.2. The van der Waals surface area contributed by atoms with E-state index < -0.39 is 6.10 Å². The van der Waals surface area contributed by atoms with Gasteiger partial charge in [0.2, 0.25) is 5.91 Å². The Hall–Kier alpha value is -3.51. The number of ether oxygens (including phenoxy) is 2. The molecule has 0 spiro atoms. The molecule has 1 heterocycles. The molecule has 0 saturated carbocycles. The van der Waals surface area contributed by atoms with Gasteiger partial charge in [-0.05, 0) is 61.4 Å². The number of para-hydroxylation sites is 1. The fraction of sp³-hybridized carbons (Fsp3) is 0.231. The number of halogens is 1. The predicted octanol–water partition coefficient (Wildman–Crippen LogP) is 5.45. The maximum atomic E-state index is 12.9. The van der Waals surface area contributed by atoms with Crippen molar-refractivity contribution in [3.05, 3.63) is 83.4 Å². The van der Waals surface area contributed by atoms with Gasteiger partial charge in [0.15, 0.2) is 6.10 Å². The van der Waals surface area contributed by atoms with Gasteiger partial charge in [0.05, 0.1) is 18.8 Å². The van der Waals surface area contributed by atoms with Crippen LogP contribution in [-0.4, -0.2) is 24.5 Å². The Morgan fingerprint density at radius 3 is 2.70 bits per heavy atom. The SMILES string of the molecule is CC1Oc2ccc(NC(=O)CCCOc3ccccc3)cc2N(Cc2cccc(Cl)c2)C1=O. The Balaban J connectivity index is 1.40. The fourth-order valence-corrected chi connectivity index (χ4v) is 3.84. The van der Waals surface area contributed by atoms with Crippen LogP contribution < -0.4 is 19.7 Å². The van der Waals surface area contributed by atoms with E-state index in [0.717, 1.165) is 11.3 Å². The zero-order chi connectivity index (χ0) is 23.2. The van der Waals surface area contributed by atoms with Crippen LogP contribution in [-0.2, 0) is 16.1 Å². The van der Waals surface area contributed by atoms with Crippen molar-refractivity contribution in [3.63, 3.8) is 0 Å². The van der Waals surface area contributed by atoms with Gasteiger partial charge in [-0.2, -0.15) is 0 Å². The summed E-state index contributed by atoms with van der Waals surface area (Å²) in [5.41, 5.74) is 2.12. The number of nitrogens with zero attached hydrogens (tertiary/aromatic N) is 1. The maximum Gasteiger partial charge on any atom is 0.268 e. The van der Waals surface area contributed by atoms with Crippen LogP contribution in [0.25, 0.3) is 0 Å². The predicted molar refractivity (Wildman–Crippen MR) is 129 cm³/mol. The molecule has 0 saturated heterocycles. The normalized spacial score (nSPS) is 14.9. The molecule has 1 atom stereocenters. The fourth-order valence-electron chi connectivity index (χ4n) is 3.63. The molecule has 6 nitrogen and oxygen atoms in total. The topological polar surface area (TPSA) is 67.9 Å². The minimum absolute atomic E-state index is 0.121. The van der Waals surface area contributed by atoms with Crippen molar-refractivity contribution in [2.45, 2.75) is 32.4 Å². The molecule has 3 aromatic rings. The molecule has 3 aromatic carbocycles. The lowest BCUT2D eigenvalue weighted by Gasteiger charge is -2.33. The van der Waals surface area contributed by atoms with Gasteiger partial charge >= 0.3 is 0 Å². The number of hydrogen-bond donors (Lipinski definition) is 1. The highest BCUT2D eigenvalue weighted by atomic mass is 35.5. The molecule has 1 aliphatic rings. The van der Waals surface area contributed by atoms with Crippen LogP contribution in [0, 0.1) is 0 Å². The third-order valence-electron chi connectivity index (χ3n) is 5.24. The number of amides is 2. The van der Waals surface area contributed by atoms with Crippen molar-refractivity contribution in [2.24, 2.45) is 0 Å². The summed E-state index contributed by atoms with van der Waals surface area (Å²) in [6.07, 6.45) is 0.315. The van der Waals surface area contributed by atoms with Crippen LogP contribution in [0.5, 0.6) is 11.5 Å². The smallest absolute Gasteiger partial charge is 0.268 e. The molecule has 7 heteroatoms. The van der Waals surface area contributed by atoms with Crippen LogP contribution in [0.3, 0.4) is 0 Å². The van der Waals surface area contributed by atoms with Gasteiger partial charge in [-0.3, -0.25) is 9.59 Å². The molecule has 1 aliphatic heterocycles. The average molecular weight is 465 g/mol. The number of benzene rings is 3. The summed E-state index contributed by atoms with van der Waals surface area (Å²) >= 11 is 6.11. The number of fused-ring (bicyclic) bond motifs is 1. The quantitative estimate of drug-likeness (QED) is 0.450. The van der Waals surface area contributed by atoms with Gasteiger partial charge in [-0.1, -0.05) is 41.9 Å². The van der Waals surface area contributed by atoms with Gasteiger partial charge in [-0.25, -0.2) is 0 Å². The van der Waals surface area contributed by atoms with E-state index in [2.05, 4.69) is 5.32 Å². The van der Waals surface area contributed by atoms with Crippen LogP contribution in [0.15, 0.2) is 72.8 Å². The molecule has 0 aliphatic carbocycles. The highest BCUT2D eigenvalue weighted by Crippen LogP contribution is 2.37. The lowest BCUT2D eigenvalue weighted by molar-refractivity contribution is -0.125. The summed E-state index contributed by atoms with van der Waals surface area (Å²) in [5.74, 6) is 1.11. The molecule has 0 bridgehead atoms. The van der Waals surface area contributed by atoms with Crippen molar-refractivity contribution < 1.29 is 19.1 Å². The number of nitrogens with one attached hydrogen (secondary N) is 1. The van der Waals surface area contributed by atoms with E-state index in [0.29, 0.717) is 48.1 Å². The van der Waals surface area contributed by atoms with Gasteiger partial charge in [0.1, 0.15) is 11.5 Å². The Morgan fingerprint density at radius 1 is 1.09 bits per heavy atom. The van der Waals surface area contributed by atoms with Crippen LogP contribution in [0.1, 0.15) is 25.3 Å². The van der Waals surface area contributed by atoms with Crippen molar-refractivity contribution in [1.82, 2.24) is 0 Å². The summed E-state index contributed by atoms with van der Waals surface area (Å²) in [4.78, 5) is 27.0. The summed E-state index contributed by atoms with van der Waals surface area (Å²) in [6.45, 7) is 2.53.